The van der Waals surface area contributed by atoms with Gasteiger partial charge < -0.3 is 14.8 Å². The molecule has 0 aliphatic rings. The number of halogens is 1. The number of rotatable bonds is 9. The highest BCUT2D eigenvalue weighted by Gasteiger charge is 2.17. The van der Waals surface area contributed by atoms with Gasteiger partial charge in [0.05, 0.1) is 11.5 Å². The molecule has 0 bridgehead atoms. The van der Waals surface area contributed by atoms with Gasteiger partial charge in [0, 0.05) is 16.4 Å². The van der Waals surface area contributed by atoms with Gasteiger partial charge >= 0.3 is 0 Å². The van der Waals surface area contributed by atoms with E-state index < -0.39 is 16.1 Å². The summed E-state index contributed by atoms with van der Waals surface area (Å²) in [6.45, 7) is 4.01. The lowest BCUT2D eigenvalue weighted by molar-refractivity contribution is -0.122. The molecule has 1 atom stereocenters. The lowest BCUT2D eigenvalue weighted by Crippen LogP contribution is -2.30. The number of hydrogen-bond acceptors (Lipinski definition) is 5. The zero-order chi connectivity index (χ0) is 23.1. The molecule has 9 heteroatoms. The van der Waals surface area contributed by atoms with Crippen molar-refractivity contribution in [1.82, 2.24) is 0 Å². The van der Waals surface area contributed by atoms with Gasteiger partial charge in [0.25, 0.3) is 15.9 Å². The van der Waals surface area contributed by atoms with E-state index >= 15 is 0 Å². The normalized spacial score (nSPS) is 12.0. The molecular formula is C23H23ClN2O5S. The number of amides is 1. The quantitative estimate of drug-likeness (QED) is 0.458. The van der Waals surface area contributed by atoms with Gasteiger partial charge in [-0.2, -0.15) is 0 Å². The Hall–Kier alpha value is -3.23. The Bertz CT molecular complexity index is 1150. The summed E-state index contributed by atoms with van der Waals surface area (Å²) in [4.78, 5) is 12.4. The van der Waals surface area contributed by atoms with Crippen molar-refractivity contribution in [2.24, 2.45) is 0 Å². The van der Waals surface area contributed by atoms with Crippen LogP contribution in [0.25, 0.3) is 0 Å². The summed E-state index contributed by atoms with van der Waals surface area (Å²) < 4.78 is 38.7. The van der Waals surface area contributed by atoms with Crippen LogP contribution >= 0.6 is 11.6 Å². The minimum Gasteiger partial charge on any atom is -0.494 e. The van der Waals surface area contributed by atoms with E-state index in [1.54, 1.807) is 55.5 Å². The zero-order valence-electron chi connectivity index (χ0n) is 17.5. The third kappa shape index (κ3) is 6.38. The molecule has 0 aliphatic carbocycles. The largest absolute Gasteiger partial charge is 0.494 e. The van der Waals surface area contributed by atoms with Crippen molar-refractivity contribution in [2.75, 3.05) is 16.6 Å². The van der Waals surface area contributed by atoms with Crippen LogP contribution in [-0.4, -0.2) is 27.0 Å². The Morgan fingerprint density at radius 3 is 2.06 bits per heavy atom. The number of carbonyl (C=O) groups excluding carboxylic acids is 1. The molecule has 32 heavy (non-hydrogen) atoms. The monoisotopic (exact) mass is 474 g/mol. The summed E-state index contributed by atoms with van der Waals surface area (Å²) in [6, 6.07) is 19.2. The molecule has 1 amide bonds. The maximum Gasteiger partial charge on any atom is 0.265 e. The van der Waals surface area contributed by atoms with E-state index in [0.29, 0.717) is 34.5 Å². The van der Waals surface area contributed by atoms with Crippen LogP contribution in [0.4, 0.5) is 11.4 Å². The summed E-state index contributed by atoms with van der Waals surface area (Å²) in [6.07, 6.45) is -0.763. The standard InChI is InChI=1S/C23H23ClN2O5S/c1-3-30-20-12-6-19(7-13-20)26-32(28,29)22-14-8-18(9-15-22)25-23(27)16(2)31-21-10-4-17(24)5-11-21/h4-16,26H,3H2,1-2H3,(H,25,27)/t16-/m1/s1. The molecule has 0 aliphatic heterocycles. The van der Waals surface area contributed by atoms with E-state index in [0.717, 1.165) is 0 Å². The molecule has 3 aromatic rings. The first-order chi connectivity index (χ1) is 15.3. The summed E-state index contributed by atoms with van der Waals surface area (Å²) in [5.74, 6) is 0.798. The molecule has 0 saturated carbocycles. The highest BCUT2D eigenvalue weighted by molar-refractivity contribution is 7.92. The predicted molar refractivity (Wildman–Crippen MR) is 125 cm³/mol. The van der Waals surface area contributed by atoms with Crippen molar-refractivity contribution < 1.29 is 22.7 Å². The first kappa shape index (κ1) is 23.4. The highest BCUT2D eigenvalue weighted by atomic mass is 35.5. The van der Waals surface area contributed by atoms with Gasteiger partial charge in [-0.05, 0) is 86.6 Å². The molecule has 0 heterocycles. The molecule has 2 N–H and O–H groups in total. The molecule has 0 unspecified atom stereocenters. The number of benzene rings is 3. The van der Waals surface area contributed by atoms with E-state index in [4.69, 9.17) is 21.1 Å². The third-order valence-electron chi connectivity index (χ3n) is 4.35. The topological polar surface area (TPSA) is 93.7 Å². The molecule has 0 spiro atoms. The van der Waals surface area contributed by atoms with E-state index in [1.165, 1.54) is 24.3 Å². The van der Waals surface area contributed by atoms with Crippen molar-refractivity contribution in [2.45, 2.75) is 24.8 Å². The second-order valence-corrected chi connectivity index (χ2v) is 8.91. The summed E-state index contributed by atoms with van der Waals surface area (Å²) in [5.41, 5.74) is 0.862. The average Bonchev–Trinajstić information content (AvgIpc) is 2.77. The van der Waals surface area contributed by atoms with Gasteiger partial charge in [-0.3, -0.25) is 9.52 Å². The fourth-order valence-electron chi connectivity index (χ4n) is 2.73. The summed E-state index contributed by atoms with van der Waals surface area (Å²) in [5, 5.41) is 3.27. The Kier molecular flexibility index (Phi) is 7.61. The molecule has 168 valence electrons. The number of sulfonamides is 1. The third-order valence-corrected chi connectivity index (χ3v) is 5.99. The fraction of sp³-hybridized carbons (Fsp3) is 0.174. The molecule has 7 nitrogen and oxygen atoms in total. The van der Waals surface area contributed by atoms with Crippen molar-refractivity contribution in [3.05, 3.63) is 77.8 Å². The van der Waals surface area contributed by atoms with E-state index in [9.17, 15) is 13.2 Å². The number of anilines is 2. The first-order valence-corrected chi connectivity index (χ1v) is 11.7. The highest BCUT2D eigenvalue weighted by Crippen LogP contribution is 2.21. The molecule has 3 rings (SSSR count). The van der Waals surface area contributed by atoms with Gasteiger partial charge in [0.2, 0.25) is 0 Å². The summed E-state index contributed by atoms with van der Waals surface area (Å²) >= 11 is 5.84. The van der Waals surface area contributed by atoms with Crippen molar-refractivity contribution in [1.29, 1.82) is 0 Å². The number of hydrogen-bond donors (Lipinski definition) is 2. The van der Waals surface area contributed by atoms with Gasteiger partial charge in [0.1, 0.15) is 11.5 Å². The maximum atomic E-state index is 12.6. The minimum absolute atomic E-state index is 0.0647. The van der Waals surface area contributed by atoms with Crippen LogP contribution in [0.5, 0.6) is 11.5 Å². The molecular weight excluding hydrogens is 452 g/mol. The zero-order valence-corrected chi connectivity index (χ0v) is 19.1. The van der Waals surface area contributed by atoms with Gasteiger partial charge in [-0.25, -0.2) is 8.42 Å². The van der Waals surface area contributed by atoms with E-state index in [2.05, 4.69) is 10.0 Å². The van der Waals surface area contributed by atoms with E-state index in [1.807, 2.05) is 6.92 Å². The minimum atomic E-state index is -3.78. The molecule has 0 saturated heterocycles. The Morgan fingerprint density at radius 1 is 0.906 bits per heavy atom. The SMILES string of the molecule is CCOc1ccc(NS(=O)(=O)c2ccc(NC(=O)[C@@H](C)Oc3ccc(Cl)cc3)cc2)cc1. The van der Waals surface area contributed by atoms with Crippen LogP contribution in [0.2, 0.25) is 5.02 Å². The number of carbonyl (C=O) groups is 1. The van der Waals surface area contributed by atoms with Gasteiger partial charge in [0.15, 0.2) is 6.10 Å². The van der Waals surface area contributed by atoms with Crippen molar-refractivity contribution >= 4 is 38.9 Å². The van der Waals surface area contributed by atoms with Gasteiger partial charge in [-0.15, -0.1) is 0 Å². The Balaban J connectivity index is 1.60. The van der Waals surface area contributed by atoms with Gasteiger partial charge in [-0.1, -0.05) is 11.6 Å². The average molecular weight is 475 g/mol. The maximum absolute atomic E-state index is 12.6. The fourth-order valence-corrected chi connectivity index (χ4v) is 3.92. The van der Waals surface area contributed by atoms with Crippen LogP contribution in [0.1, 0.15) is 13.8 Å². The lowest BCUT2D eigenvalue weighted by Gasteiger charge is -2.15. The second-order valence-electron chi connectivity index (χ2n) is 6.79. The van der Waals surface area contributed by atoms with Crippen LogP contribution < -0.4 is 19.5 Å². The molecule has 3 aromatic carbocycles. The smallest absolute Gasteiger partial charge is 0.265 e. The van der Waals surface area contributed by atoms with Crippen LogP contribution in [0.15, 0.2) is 77.7 Å². The number of nitrogens with one attached hydrogen (secondary N) is 2. The lowest BCUT2D eigenvalue weighted by atomic mass is 10.3. The van der Waals surface area contributed by atoms with Crippen molar-refractivity contribution in [3.8, 4) is 11.5 Å². The molecule has 0 fully saturated rings. The molecule has 0 aromatic heterocycles. The Morgan fingerprint density at radius 2 is 1.47 bits per heavy atom. The van der Waals surface area contributed by atoms with E-state index in [-0.39, 0.29) is 10.8 Å². The van der Waals surface area contributed by atoms with Crippen molar-refractivity contribution in [3.63, 3.8) is 0 Å². The second kappa shape index (κ2) is 10.4. The number of ether oxygens (including phenoxy) is 2. The van der Waals surface area contributed by atoms with Crippen LogP contribution in [0, 0.1) is 0 Å². The molecule has 0 radical (unpaired) electrons. The predicted octanol–water partition coefficient (Wildman–Crippen LogP) is 4.95. The van der Waals surface area contributed by atoms with Crippen LogP contribution in [0.3, 0.4) is 0 Å². The Labute approximate surface area is 192 Å². The first-order valence-electron chi connectivity index (χ1n) is 9.85. The summed E-state index contributed by atoms with van der Waals surface area (Å²) in [7, 11) is -3.78. The van der Waals surface area contributed by atoms with Crippen LogP contribution in [-0.2, 0) is 14.8 Å².